The van der Waals surface area contributed by atoms with Crippen molar-refractivity contribution in [3.05, 3.63) is 46.6 Å². The molecule has 2 rings (SSSR count). The van der Waals surface area contributed by atoms with Crippen LogP contribution >= 0.6 is 11.6 Å². The molecule has 0 saturated heterocycles. The summed E-state index contributed by atoms with van der Waals surface area (Å²) in [5.41, 5.74) is 1.06. The molecular weight excluding hydrogens is 226 g/mol. The van der Waals surface area contributed by atoms with Crippen LogP contribution in [0.25, 0.3) is 0 Å². The Hall–Kier alpha value is -1.39. The summed E-state index contributed by atoms with van der Waals surface area (Å²) in [4.78, 5) is 0. The molecule has 0 amide bonds. The Labute approximate surface area is 98.6 Å². The van der Waals surface area contributed by atoms with Crippen molar-refractivity contribution in [1.29, 1.82) is 0 Å². The predicted octanol–water partition coefficient (Wildman–Crippen LogP) is 2.32. The number of aromatic nitrogens is 2. The van der Waals surface area contributed by atoms with E-state index in [-0.39, 0.29) is 0 Å². The lowest BCUT2D eigenvalue weighted by molar-refractivity contribution is 0.447. The lowest BCUT2D eigenvalue weighted by atomic mass is 10.2. The molecule has 5 heteroatoms. The molecule has 0 aliphatic carbocycles. The van der Waals surface area contributed by atoms with Gasteiger partial charge in [0.1, 0.15) is 0 Å². The van der Waals surface area contributed by atoms with Crippen LogP contribution in [0.15, 0.2) is 28.7 Å². The maximum absolute atomic E-state index is 6.02. The minimum Gasteiger partial charge on any atom is -0.424 e. The lowest BCUT2D eigenvalue weighted by Crippen LogP contribution is -2.13. The highest BCUT2D eigenvalue weighted by Crippen LogP contribution is 2.14. The Kier molecular flexibility index (Phi) is 3.54. The molecule has 1 aromatic carbocycles. The van der Waals surface area contributed by atoms with Crippen LogP contribution in [0.2, 0.25) is 5.02 Å². The van der Waals surface area contributed by atoms with Crippen LogP contribution in [0.3, 0.4) is 0 Å². The third-order valence-corrected chi connectivity index (χ3v) is 2.49. The fourth-order valence-electron chi connectivity index (χ4n) is 1.35. The Bertz CT molecular complexity index is 470. The molecule has 0 radical (unpaired) electrons. The van der Waals surface area contributed by atoms with E-state index < -0.39 is 0 Å². The SMILES string of the molecule is Cc1nnc(CNCc2ccccc2Cl)o1. The van der Waals surface area contributed by atoms with Crippen LogP contribution in [0, 0.1) is 6.92 Å². The van der Waals surface area contributed by atoms with Crippen LogP contribution in [0.5, 0.6) is 0 Å². The fraction of sp³-hybridized carbons (Fsp3) is 0.273. The monoisotopic (exact) mass is 237 g/mol. The maximum Gasteiger partial charge on any atom is 0.230 e. The van der Waals surface area contributed by atoms with E-state index in [1.807, 2.05) is 24.3 Å². The zero-order valence-corrected chi connectivity index (χ0v) is 9.66. The molecule has 2 aromatic rings. The Morgan fingerprint density at radius 1 is 1.25 bits per heavy atom. The van der Waals surface area contributed by atoms with Crippen molar-refractivity contribution in [2.45, 2.75) is 20.0 Å². The summed E-state index contributed by atoms with van der Waals surface area (Å²) in [6.45, 7) is 3.00. The molecule has 0 saturated carbocycles. The number of hydrogen-bond donors (Lipinski definition) is 1. The zero-order valence-electron chi connectivity index (χ0n) is 8.90. The minimum absolute atomic E-state index is 0.548. The highest BCUT2D eigenvalue weighted by molar-refractivity contribution is 6.31. The minimum atomic E-state index is 0.548. The van der Waals surface area contributed by atoms with Gasteiger partial charge in [0.05, 0.1) is 6.54 Å². The highest BCUT2D eigenvalue weighted by atomic mass is 35.5. The first-order valence-corrected chi connectivity index (χ1v) is 5.36. The summed E-state index contributed by atoms with van der Waals surface area (Å²) in [6, 6.07) is 7.72. The van der Waals surface area contributed by atoms with Gasteiger partial charge in [-0.05, 0) is 11.6 Å². The third kappa shape index (κ3) is 2.81. The Balaban J connectivity index is 1.87. The molecular formula is C11H12ClN3O. The van der Waals surface area contributed by atoms with E-state index in [2.05, 4.69) is 15.5 Å². The first-order valence-electron chi connectivity index (χ1n) is 4.99. The lowest BCUT2D eigenvalue weighted by Gasteiger charge is -2.03. The van der Waals surface area contributed by atoms with Crippen LogP contribution in [-0.2, 0) is 13.1 Å². The molecule has 1 N–H and O–H groups in total. The van der Waals surface area contributed by atoms with Gasteiger partial charge in [-0.15, -0.1) is 10.2 Å². The second kappa shape index (κ2) is 5.09. The number of aryl methyl sites for hydroxylation is 1. The first kappa shape index (κ1) is 11.1. The van der Waals surface area contributed by atoms with Crippen LogP contribution < -0.4 is 5.32 Å². The van der Waals surface area contributed by atoms with Crippen molar-refractivity contribution in [2.24, 2.45) is 0 Å². The number of hydrogen-bond acceptors (Lipinski definition) is 4. The second-order valence-corrected chi connectivity index (χ2v) is 3.82. The predicted molar refractivity (Wildman–Crippen MR) is 61.0 cm³/mol. The van der Waals surface area contributed by atoms with Crippen LogP contribution in [0.4, 0.5) is 0 Å². The highest BCUT2D eigenvalue weighted by Gasteiger charge is 2.02. The van der Waals surface area contributed by atoms with E-state index in [9.17, 15) is 0 Å². The van der Waals surface area contributed by atoms with Crippen LogP contribution in [-0.4, -0.2) is 10.2 Å². The molecule has 0 fully saturated rings. The normalized spacial score (nSPS) is 10.6. The van der Waals surface area contributed by atoms with Crippen molar-refractivity contribution in [3.63, 3.8) is 0 Å². The molecule has 84 valence electrons. The van der Waals surface area contributed by atoms with Crippen molar-refractivity contribution in [3.8, 4) is 0 Å². The summed E-state index contributed by atoms with van der Waals surface area (Å²) in [5.74, 6) is 1.17. The number of nitrogens with zero attached hydrogens (tertiary/aromatic N) is 2. The van der Waals surface area contributed by atoms with Gasteiger partial charge in [-0.2, -0.15) is 0 Å². The molecule has 0 aliphatic heterocycles. The number of benzene rings is 1. The molecule has 1 heterocycles. The molecule has 0 aliphatic rings. The molecule has 0 unspecified atom stereocenters. The molecule has 4 nitrogen and oxygen atoms in total. The van der Waals surface area contributed by atoms with Gasteiger partial charge in [-0.1, -0.05) is 29.8 Å². The van der Waals surface area contributed by atoms with Gasteiger partial charge < -0.3 is 9.73 Å². The summed E-state index contributed by atoms with van der Waals surface area (Å²) in [7, 11) is 0. The largest absolute Gasteiger partial charge is 0.424 e. The van der Waals surface area contributed by atoms with E-state index in [0.717, 1.165) is 10.6 Å². The summed E-state index contributed by atoms with van der Waals surface area (Å²) >= 11 is 6.02. The Morgan fingerprint density at radius 2 is 2.06 bits per heavy atom. The number of halogens is 1. The maximum atomic E-state index is 6.02. The Morgan fingerprint density at radius 3 is 2.75 bits per heavy atom. The summed E-state index contributed by atoms with van der Waals surface area (Å²) in [5, 5.41) is 11.6. The fourth-order valence-corrected chi connectivity index (χ4v) is 1.56. The second-order valence-electron chi connectivity index (χ2n) is 3.41. The molecule has 0 spiro atoms. The van der Waals surface area contributed by atoms with Gasteiger partial charge in [0.2, 0.25) is 11.8 Å². The van der Waals surface area contributed by atoms with Crippen LogP contribution in [0.1, 0.15) is 17.3 Å². The van der Waals surface area contributed by atoms with Gasteiger partial charge in [0.15, 0.2) is 0 Å². The quantitative estimate of drug-likeness (QED) is 0.887. The average Bonchev–Trinajstić information content (AvgIpc) is 2.67. The smallest absolute Gasteiger partial charge is 0.230 e. The average molecular weight is 238 g/mol. The van der Waals surface area contributed by atoms with E-state index in [1.54, 1.807) is 6.92 Å². The van der Waals surface area contributed by atoms with Crippen molar-refractivity contribution in [1.82, 2.24) is 15.5 Å². The van der Waals surface area contributed by atoms with Gasteiger partial charge in [-0.25, -0.2) is 0 Å². The standard InChI is InChI=1S/C11H12ClN3O/c1-8-14-15-11(16-8)7-13-6-9-4-2-3-5-10(9)12/h2-5,13H,6-7H2,1H3. The summed E-state index contributed by atoms with van der Waals surface area (Å²) < 4.78 is 5.23. The van der Waals surface area contributed by atoms with E-state index in [0.29, 0.717) is 24.9 Å². The van der Waals surface area contributed by atoms with Crippen molar-refractivity contribution < 1.29 is 4.42 Å². The molecule has 0 bridgehead atoms. The molecule has 0 atom stereocenters. The third-order valence-electron chi connectivity index (χ3n) is 2.12. The van der Waals surface area contributed by atoms with Gasteiger partial charge in [0, 0.05) is 18.5 Å². The van der Waals surface area contributed by atoms with Gasteiger partial charge in [0.25, 0.3) is 0 Å². The molecule has 16 heavy (non-hydrogen) atoms. The zero-order chi connectivity index (χ0) is 11.4. The van der Waals surface area contributed by atoms with E-state index in [4.69, 9.17) is 16.0 Å². The van der Waals surface area contributed by atoms with Gasteiger partial charge >= 0.3 is 0 Å². The first-order chi connectivity index (χ1) is 7.75. The topological polar surface area (TPSA) is 51.0 Å². The summed E-state index contributed by atoms with van der Waals surface area (Å²) in [6.07, 6.45) is 0. The molecule has 1 aromatic heterocycles. The van der Waals surface area contributed by atoms with Gasteiger partial charge in [-0.3, -0.25) is 0 Å². The van der Waals surface area contributed by atoms with Crippen molar-refractivity contribution >= 4 is 11.6 Å². The van der Waals surface area contributed by atoms with Crippen molar-refractivity contribution in [2.75, 3.05) is 0 Å². The number of nitrogens with one attached hydrogen (secondary N) is 1. The number of rotatable bonds is 4. The van der Waals surface area contributed by atoms with E-state index in [1.165, 1.54) is 0 Å². The van der Waals surface area contributed by atoms with E-state index >= 15 is 0 Å².